The molecule has 1 amide bonds. The van der Waals surface area contributed by atoms with Crippen molar-refractivity contribution in [2.45, 2.75) is 6.92 Å². The molecule has 122 valence electrons. The van der Waals surface area contributed by atoms with Gasteiger partial charge in [0, 0.05) is 0 Å². The van der Waals surface area contributed by atoms with Gasteiger partial charge in [-0.3, -0.25) is 10.1 Å². The van der Waals surface area contributed by atoms with Crippen molar-refractivity contribution in [3.63, 3.8) is 0 Å². The molecule has 5 nitrogen and oxygen atoms in total. The molecule has 3 rings (SSSR count). The Morgan fingerprint density at radius 2 is 1.96 bits per heavy atom. The Labute approximate surface area is 148 Å². The van der Waals surface area contributed by atoms with Crippen LogP contribution < -0.4 is 10.1 Å². The number of anilines is 1. The van der Waals surface area contributed by atoms with Crippen LogP contribution in [0.5, 0.6) is 5.75 Å². The number of nitrogens with one attached hydrogen (secondary N) is 1. The standard InChI is InChI=1S/C17H14ClN3O2S/c1-11-20-21-17(24-11)19-16(22)10-23-15-8-7-13(9-14(15)18)12-5-3-2-4-6-12/h2-9H,10H2,1H3,(H,19,21,22). The fourth-order valence-corrected chi connectivity index (χ4v) is 2.92. The number of ether oxygens (including phenoxy) is 1. The van der Waals surface area contributed by atoms with Crippen LogP contribution in [0.2, 0.25) is 5.02 Å². The Hall–Kier alpha value is -2.44. The van der Waals surface area contributed by atoms with Gasteiger partial charge in [-0.25, -0.2) is 0 Å². The summed E-state index contributed by atoms with van der Waals surface area (Å²) >= 11 is 7.55. The summed E-state index contributed by atoms with van der Waals surface area (Å²) in [6, 6.07) is 15.4. The van der Waals surface area contributed by atoms with Gasteiger partial charge in [0.25, 0.3) is 5.91 Å². The van der Waals surface area contributed by atoms with Crippen LogP contribution in [0.1, 0.15) is 5.01 Å². The number of carbonyl (C=O) groups excluding carboxylic acids is 1. The normalized spacial score (nSPS) is 10.4. The monoisotopic (exact) mass is 359 g/mol. The van der Waals surface area contributed by atoms with Gasteiger partial charge in [-0.05, 0) is 30.2 Å². The molecular weight excluding hydrogens is 346 g/mol. The molecule has 0 radical (unpaired) electrons. The molecule has 2 aromatic carbocycles. The van der Waals surface area contributed by atoms with Crippen LogP contribution in [0.25, 0.3) is 11.1 Å². The van der Waals surface area contributed by atoms with Crippen molar-refractivity contribution in [3.05, 3.63) is 58.6 Å². The maximum Gasteiger partial charge on any atom is 0.264 e. The number of benzene rings is 2. The minimum absolute atomic E-state index is 0.150. The van der Waals surface area contributed by atoms with E-state index in [4.69, 9.17) is 16.3 Å². The molecule has 1 N–H and O–H groups in total. The summed E-state index contributed by atoms with van der Waals surface area (Å²) in [5, 5.41) is 12.0. The second-order valence-corrected chi connectivity index (χ2v) is 6.56. The van der Waals surface area contributed by atoms with Crippen LogP contribution in [0.15, 0.2) is 48.5 Å². The Bertz CT molecular complexity index is 852. The van der Waals surface area contributed by atoms with Crippen LogP contribution in [0, 0.1) is 6.92 Å². The summed E-state index contributed by atoms with van der Waals surface area (Å²) in [6.07, 6.45) is 0. The van der Waals surface area contributed by atoms with Crippen molar-refractivity contribution < 1.29 is 9.53 Å². The summed E-state index contributed by atoms with van der Waals surface area (Å²) in [4.78, 5) is 11.9. The average Bonchev–Trinajstić information content (AvgIpc) is 2.99. The second-order valence-electron chi connectivity index (χ2n) is 4.97. The molecule has 0 unspecified atom stereocenters. The lowest BCUT2D eigenvalue weighted by Gasteiger charge is -2.09. The van der Waals surface area contributed by atoms with Crippen molar-refractivity contribution in [1.82, 2.24) is 10.2 Å². The number of rotatable bonds is 5. The SMILES string of the molecule is Cc1nnc(NC(=O)COc2ccc(-c3ccccc3)cc2Cl)s1. The minimum Gasteiger partial charge on any atom is -0.482 e. The topological polar surface area (TPSA) is 64.1 Å². The zero-order valence-electron chi connectivity index (χ0n) is 12.8. The molecule has 0 bridgehead atoms. The number of halogens is 1. The smallest absolute Gasteiger partial charge is 0.264 e. The molecule has 0 spiro atoms. The van der Waals surface area contributed by atoms with Gasteiger partial charge in [-0.1, -0.05) is 59.3 Å². The summed E-state index contributed by atoms with van der Waals surface area (Å²) in [5.74, 6) is 0.147. The van der Waals surface area contributed by atoms with Gasteiger partial charge in [-0.2, -0.15) is 0 Å². The molecule has 0 saturated heterocycles. The van der Waals surface area contributed by atoms with E-state index in [-0.39, 0.29) is 12.5 Å². The summed E-state index contributed by atoms with van der Waals surface area (Å²) in [5.41, 5.74) is 2.05. The lowest BCUT2D eigenvalue weighted by molar-refractivity contribution is -0.118. The summed E-state index contributed by atoms with van der Waals surface area (Å²) in [6.45, 7) is 1.67. The fraction of sp³-hybridized carbons (Fsp3) is 0.118. The Balaban J connectivity index is 1.62. The molecule has 0 aliphatic carbocycles. The van der Waals surface area contributed by atoms with Crippen LogP contribution in [0.3, 0.4) is 0 Å². The predicted octanol–water partition coefficient (Wildman–Crippen LogP) is 4.18. The summed E-state index contributed by atoms with van der Waals surface area (Å²) < 4.78 is 5.48. The van der Waals surface area contributed by atoms with Crippen molar-refractivity contribution in [2.75, 3.05) is 11.9 Å². The van der Waals surface area contributed by atoms with Crippen LogP contribution >= 0.6 is 22.9 Å². The highest BCUT2D eigenvalue weighted by atomic mass is 35.5. The van der Waals surface area contributed by atoms with E-state index in [0.29, 0.717) is 15.9 Å². The average molecular weight is 360 g/mol. The molecule has 1 heterocycles. The molecule has 0 aliphatic heterocycles. The maximum atomic E-state index is 11.9. The zero-order chi connectivity index (χ0) is 16.9. The summed E-state index contributed by atoms with van der Waals surface area (Å²) in [7, 11) is 0. The molecular formula is C17H14ClN3O2S. The molecule has 0 aliphatic rings. The molecule has 0 saturated carbocycles. The molecule has 0 atom stereocenters. The van der Waals surface area contributed by atoms with Gasteiger partial charge in [-0.15, -0.1) is 10.2 Å². The number of hydrogen-bond acceptors (Lipinski definition) is 5. The number of hydrogen-bond donors (Lipinski definition) is 1. The molecule has 24 heavy (non-hydrogen) atoms. The van der Waals surface area contributed by atoms with E-state index < -0.39 is 0 Å². The van der Waals surface area contributed by atoms with Crippen molar-refractivity contribution in [2.24, 2.45) is 0 Å². The van der Waals surface area contributed by atoms with Gasteiger partial charge in [0.2, 0.25) is 5.13 Å². The van der Waals surface area contributed by atoms with Crippen LogP contribution in [-0.4, -0.2) is 22.7 Å². The maximum absolute atomic E-state index is 11.9. The largest absolute Gasteiger partial charge is 0.482 e. The first-order valence-electron chi connectivity index (χ1n) is 7.19. The van der Waals surface area contributed by atoms with Gasteiger partial charge in [0.05, 0.1) is 5.02 Å². The lowest BCUT2D eigenvalue weighted by Crippen LogP contribution is -2.20. The van der Waals surface area contributed by atoms with E-state index in [2.05, 4.69) is 15.5 Å². The van der Waals surface area contributed by atoms with E-state index in [1.165, 1.54) is 11.3 Å². The highest BCUT2D eigenvalue weighted by Crippen LogP contribution is 2.30. The first-order valence-corrected chi connectivity index (χ1v) is 8.39. The highest BCUT2D eigenvalue weighted by Gasteiger charge is 2.10. The van der Waals surface area contributed by atoms with Crippen molar-refractivity contribution >= 4 is 34.0 Å². The van der Waals surface area contributed by atoms with Crippen molar-refractivity contribution in [3.8, 4) is 16.9 Å². The fourth-order valence-electron chi connectivity index (χ4n) is 2.07. The lowest BCUT2D eigenvalue weighted by atomic mass is 10.1. The number of aryl methyl sites for hydroxylation is 1. The number of carbonyl (C=O) groups is 1. The van der Waals surface area contributed by atoms with E-state index in [9.17, 15) is 4.79 Å². The molecule has 7 heteroatoms. The Morgan fingerprint density at radius 3 is 2.62 bits per heavy atom. The second kappa shape index (κ2) is 7.42. The van der Waals surface area contributed by atoms with Gasteiger partial charge < -0.3 is 4.74 Å². The third-order valence-electron chi connectivity index (χ3n) is 3.17. The molecule has 3 aromatic rings. The Kier molecular flexibility index (Phi) is 5.08. The van der Waals surface area contributed by atoms with Gasteiger partial charge in [0.1, 0.15) is 10.8 Å². The van der Waals surface area contributed by atoms with E-state index in [0.717, 1.165) is 16.1 Å². The third kappa shape index (κ3) is 4.10. The van der Waals surface area contributed by atoms with Gasteiger partial charge in [0.15, 0.2) is 6.61 Å². The van der Waals surface area contributed by atoms with Crippen molar-refractivity contribution in [1.29, 1.82) is 0 Å². The van der Waals surface area contributed by atoms with Crippen LogP contribution in [0.4, 0.5) is 5.13 Å². The zero-order valence-corrected chi connectivity index (χ0v) is 14.4. The first-order chi connectivity index (χ1) is 11.6. The van der Waals surface area contributed by atoms with E-state index in [1.54, 1.807) is 6.07 Å². The predicted molar refractivity (Wildman–Crippen MR) is 95.7 cm³/mol. The van der Waals surface area contributed by atoms with E-state index >= 15 is 0 Å². The number of nitrogens with zero attached hydrogens (tertiary/aromatic N) is 2. The third-order valence-corrected chi connectivity index (χ3v) is 4.22. The Morgan fingerprint density at radius 1 is 1.17 bits per heavy atom. The molecule has 1 aromatic heterocycles. The molecule has 0 fully saturated rings. The quantitative estimate of drug-likeness (QED) is 0.742. The number of amides is 1. The number of aromatic nitrogens is 2. The van der Waals surface area contributed by atoms with Gasteiger partial charge >= 0.3 is 0 Å². The minimum atomic E-state index is -0.311. The highest BCUT2D eigenvalue weighted by molar-refractivity contribution is 7.15. The van der Waals surface area contributed by atoms with Crippen LogP contribution in [-0.2, 0) is 4.79 Å². The first kappa shape index (κ1) is 16.4. The van der Waals surface area contributed by atoms with E-state index in [1.807, 2.05) is 49.4 Å².